The van der Waals surface area contributed by atoms with Gasteiger partial charge in [0.1, 0.15) is 6.33 Å². The molecule has 218 valence electrons. The average molecular weight is 610 g/mol. The quantitative estimate of drug-likeness (QED) is 0.258. The number of anilines is 1. The minimum absolute atomic E-state index is 0.0471. The highest BCUT2D eigenvalue weighted by Crippen LogP contribution is 2.41. The molecule has 2 atom stereocenters. The maximum absolute atomic E-state index is 12.8. The number of carbonyl (C=O) groups is 1. The van der Waals surface area contributed by atoms with E-state index >= 15 is 0 Å². The van der Waals surface area contributed by atoms with Crippen LogP contribution in [0.1, 0.15) is 41.7 Å². The lowest BCUT2D eigenvalue weighted by Gasteiger charge is -2.28. The number of hydrogen-bond acceptors (Lipinski definition) is 8. The molecule has 12 heteroatoms. The van der Waals surface area contributed by atoms with E-state index in [0.717, 1.165) is 42.3 Å². The van der Waals surface area contributed by atoms with Crippen molar-refractivity contribution in [3.05, 3.63) is 86.5 Å². The fourth-order valence-corrected chi connectivity index (χ4v) is 5.65. The Morgan fingerprint density at radius 1 is 1.05 bits per heavy atom. The molecule has 10 nitrogen and oxygen atoms in total. The number of amides is 1. The van der Waals surface area contributed by atoms with Gasteiger partial charge in [0.25, 0.3) is 11.5 Å². The summed E-state index contributed by atoms with van der Waals surface area (Å²) in [7, 11) is 3.00. The molecule has 0 saturated heterocycles. The maximum Gasteiger partial charge on any atom is 0.298 e. The van der Waals surface area contributed by atoms with E-state index in [-0.39, 0.29) is 22.9 Å². The highest BCUT2D eigenvalue weighted by atomic mass is 35.5. The predicted molar refractivity (Wildman–Crippen MR) is 162 cm³/mol. The zero-order valence-corrected chi connectivity index (χ0v) is 24.6. The van der Waals surface area contributed by atoms with Crippen LogP contribution in [0.15, 0.2) is 59.7 Å². The van der Waals surface area contributed by atoms with Crippen molar-refractivity contribution in [2.75, 3.05) is 12.4 Å². The molecule has 2 aromatic heterocycles. The van der Waals surface area contributed by atoms with Gasteiger partial charge in [0, 0.05) is 41.9 Å². The number of halogens is 2. The Bertz CT molecular complexity index is 1680. The lowest BCUT2D eigenvalue weighted by atomic mass is 9.92. The third-order valence-electron chi connectivity index (χ3n) is 7.35. The molecule has 0 bridgehead atoms. The van der Waals surface area contributed by atoms with E-state index in [0.29, 0.717) is 45.5 Å². The monoisotopic (exact) mass is 608 g/mol. The third-order valence-corrected chi connectivity index (χ3v) is 8.17. The molecule has 1 aliphatic rings. The summed E-state index contributed by atoms with van der Waals surface area (Å²) in [5.74, 6) is -0.244. The first-order valence-electron chi connectivity index (χ1n) is 13.5. The molecule has 5 rings (SSSR count). The molecule has 2 aromatic carbocycles. The van der Waals surface area contributed by atoms with Gasteiger partial charge >= 0.3 is 0 Å². The number of aryl methyl sites for hydroxylation is 1. The Balaban J connectivity index is 1.41. The average Bonchev–Trinajstić information content (AvgIpc) is 2.99. The lowest BCUT2D eigenvalue weighted by molar-refractivity contribution is 0.0901. The molecule has 1 saturated carbocycles. The molecule has 4 aromatic rings. The van der Waals surface area contributed by atoms with Crippen molar-refractivity contribution in [1.82, 2.24) is 25.1 Å². The van der Waals surface area contributed by atoms with Gasteiger partial charge < -0.3 is 20.5 Å². The normalized spacial score (nSPS) is 16.7. The zero-order chi connectivity index (χ0) is 29.8. The summed E-state index contributed by atoms with van der Waals surface area (Å²) in [6.45, 7) is 0.515. The van der Waals surface area contributed by atoms with Crippen LogP contribution in [0.5, 0.6) is 5.88 Å². The summed E-state index contributed by atoms with van der Waals surface area (Å²) < 4.78 is 6.63. The van der Waals surface area contributed by atoms with Gasteiger partial charge in [-0.1, -0.05) is 72.4 Å². The van der Waals surface area contributed by atoms with E-state index in [1.807, 2.05) is 30.3 Å². The van der Waals surface area contributed by atoms with Crippen LogP contribution in [0, 0.1) is 0 Å². The van der Waals surface area contributed by atoms with Crippen molar-refractivity contribution in [3.63, 3.8) is 0 Å². The first-order valence-corrected chi connectivity index (χ1v) is 14.3. The van der Waals surface area contributed by atoms with Crippen molar-refractivity contribution in [2.45, 2.75) is 44.4 Å². The van der Waals surface area contributed by atoms with Gasteiger partial charge in [-0.25, -0.2) is 14.6 Å². The molecule has 0 radical (unpaired) electrons. The van der Waals surface area contributed by atoms with Gasteiger partial charge in [-0.05, 0) is 25.0 Å². The van der Waals surface area contributed by atoms with Crippen LogP contribution in [0.25, 0.3) is 22.4 Å². The molecule has 2 unspecified atom stereocenters. The fraction of sp³-hybridized carbons (Fsp3) is 0.300. The van der Waals surface area contributed by atoms with Crippen molar-refractivity contribution < 1.29 is 14.6 Å². The fourth-order valence-electron chi connectivity index (χ4n) is 5.05. The lowest BCUT2D eigenvalue weighted by Crippen LogP contribution is -2.41. The number of aliphatic hydroxyl groups excluding tert-OH is 1. The molecule has 1 amide bonds. The van der Waals surface area contributed by atoms with E-state index in [1.165, 1.54) is 7.05 Å². The highest BCUT2D eigenvalue weighted by molar-refractivity contribution is 6.39. The van der Waals surface area contributed by atoms with Crippen molar-refractivity contribution in [2.24, 2.45) is 7.05 Å². The third kappa shape index (κ3) is 6.17. The number of pyridine rings is 1. The molecule has 0 aliphatic heterocycles. The molecule has 42 heavy (non-hydrogen) atoms. The molecule has 1 aliphatic carbocycles. The van der Waals surface area contributed by atoms with E-state index in [2.05, 4.69) is 20.7 Å². The first kappa shape index (κ1) is 29.7. The number of ether oxygens (including phenoxy) is 1. The predicted octanol–water partition coefficient (Wildman–Crippen LogP) is 4.87. The largest absolute Gasteiger partial charge is 0.481 e. The van der Waals surface area contributed by atoms with Crippen LogP contribution < -0.4 is 20.9 Å². The Morgan fingerprint density at radius 3 is 2.52 bits per heavy atom. The molecule has 3 N–H and O–H groups in total. The Hall–Kier alpha value is -3.83. The number of nitrogens with one attached hydrogen (secondary N) is 2. The Morgan fingerprint density at radius 2 is 1.76 bits per heavy atom. The molecular weight excluding hydrogens is 579 g/mol. The molecule has 0 spiro atoms. The van der Waals surface area contributed by atoms with E-state index in [4.69, 9.17) is 32.9 Å². The van der Waals surface area contributed by atoms with Crippen LogP contribution in [0.3, 0.4) is 0 Å². The Labute approximate surface area is 252 Å². The summed E-state index contributed by atoms with van der Waals surface area (Å²) in [6, 6.07) is 14.5. The summed E-state index contributed by atoms with van der Waals surface area (Å²) in [5.41, 5.74) is 2.72. The minimum Gasteiger partial charge on any atom is -0.481 e. The van der Waals surface area contributed by atoms with Crippen LogP contribution in [-0.2, 0) is 13.6 Å². The summed E-state index contributed by atoms with van der Waals surface area (Å²) in [5, 5.41) is 20.8. The first-order chi connectivity index (χ1) is 20.3. The standard InChI is InChI=1S/C30H30Cl2N6O4/c1-38-30(41)27(34-16-35-38)28(40)36-23-11-6-8-19(26(23)32)18-7-5-9-20(25(18)31)21-14-13-17(29(37-21)42-2)15-33-22-10-3-4-12-24(22)39/h5-9,11,13-14,16,22,24,33,39H,3-4,10,12,15H2,1-2H3,(H,36,40). The smallest absolute Gasteiger partial charge is 0.298 e. The van der Waals surface area contributed by atoms with Gasteiger partial charge in [-0.3, -0.25) is 9.59 Å². The second-order valence-corrected chi connectivity index (χ2v) is 10.8. The number of aromatic nitrogens is 4. The number of methoxy groups -OCH3 is 1. The number of benzene rings is 2. The second kappa shape index (κ2) is 13.0. The van der Waals surface area contributed by atoms with Crippen LogP contribution in [0.2, 0.25) is 10.0 Å². The number of nitrogens with zero attached hydrogens (tertiary/aromatic N) is 4. The van der Waals surface area contributed by atoms with E-state index in [9.17, 15) is 14.7 Å². The highest BCUT2D eigenvalue weighted by Gasteiger charge is 2.23. The van der Waals surface area contributed by atoms with Gasteiger partial charge in [0.15, 0.2) is 5.69 Å². The number of rotatable bonds is 8. The van der Waals surface area contributed by atoms with Gasteiger partial charge in [-0.2, -0.15) is 5.10 Å². The number of aliphatic hydroxyl groups is 1. The van der Waals surface area contributed by atoms with Crippen molar-refractivity contribution >= 4 is 34.8 Å². The van der Waals surface area contributed by atoms with Crippen LogP contribution in [0.4, 0.5) is 5.69 Å². The zero-order valence-electron chi connectivity index (χ0n) is 23.1. The number of carbonyl (C=O) groups excluding carboxylic acids is 1. The van der Waals surface area contributed by atoms with E-state index < -0.39 is 11.5 Å². The molecular formula is C30H30Cl2N6O4. The van der Waals surface area contributed by atoms with Crippen LogP contribution in [-0.4, -0.2) is 50.0 Å². The maximum atomic E-state index is 12.8. The summed E-state index contributed by atoms with van der Waals surface area (Å²) in [6.07, 6.45) is 4.67. The van der Waals surface area contributed by atoms with Crippen molar-refractivity contribution in [1.29, 1.82) is 0 Å². The molecule has 2 heterocycles. The second-order valence-electron chi connectivity index (χ2n) is 10.0. The van der Waals surface area contributed by atoms with Crippen molar-refractivity contribution in [3.8, 4) is 28.3 Å². The van der Waals surface area contributed by atoms with Crippen LogP contribution >= 0.6 is 23.2 Å². The minimum atomic E-state index is -0.708. The topological polar surface area (TPSA) is 131 Å². The number of hydrogen-bond donors (Lipinski definition) is 3. The Kier molecular flexibility index (Phi) is 9.18. The summed E-state index contributed by atoms with van der Waals surface area (Å²) >= 11 is 13.7. The van der Waals surface area contributed by atoms with E-state index in [1.54, 1.807) is 25.3 Å². The van der Waals surface area contributed by atoms with Gasteiger partial charge in [0.05, 0.1) is 34.6 Å². The SMILES string of the molecule is COc1nc(-c2cccc(-c3cccc(NC(=O)c4ncnn(C)c4=O)c3Cl)c2Cl)ccc1CNC1CCCCC1O. The summed E-state index contributed by atoms with van der Waals surface area (Å²) in [4.78, 5) is 33.6. The van der Waals surface area contributed by atoms with Gasteiger partial charge in [0.2, 0.25) is 5.88 Å². The van der Waals surface area contributed by atoms with Gasteiger partial charge in [-0.15, -0.1) is 0 Å². The molecule has 1 fully saturated rings.